The van der Waals surface area contributed by atoms with Crippen molar-refractivity contribution in [1.82, 2.24) is 15.5 Å². The summed E-state index contributed by atoms with van der Waals surface area (Å²) in [5, 5.41) is 6.43. The van der Waals surface area contributed by atoms with E-state index in [4.69, 9.17) is 4.52 Å². The zero-order valence-electron chi connectivity index (χ0n) is 14.8. The smallest absolute Gasteiger partial charge is 0.227 e. The lowest BCUT2D eigenvalue weighted by Crippen LogP contribution is -2.23. The van der Waals surface area contributed by atoms with Crippen molar-refractivity contribution < 1.29 is 22.1 Å². The van der Waals surface area contributed by atoms with E-state index in [1.54, 1.807) is 0 Å². The van der Waals surface area contributed by atoms with Crippen LogP contribution in [-0.4, -0.2) is 24.5 Å². The second kappa shape index (κ2) is 8.75. The summed E-state index contributed by atoms with van der Waals surface area (Å²) in [5.74, 6) is -1.00. The summed E-state index contributed by atoms with van der Waals surface area (Å²) in [5.41, 5.74) is 0.988. The molecule has 28 heavy (non-hydrogen) atoms. The molecule has 0 unspecified atom stereocenters. The molecule has 0 aliphatic carbocycles. The summed E-state index contributed by atoms with van der Waals surface area (Å²) in [6.07, 6.45) is 0.337. The number of halogens is 1. The van der Waals surface area contributed by atoms with Gasteiger partial charge in [-0.3, -0.25) is 4.79 Å². The molecule has 0 spiro atoms. The van der Waals surface area contributed by atoms with E-state index < -0.39 is 21.4 Å². The first-order valence-corrected chi connectivity index (χ1v) is 10.2. The molecule has 146 valence electrons. The number of carbonyl (C=O) groups is 1. The molecule has 3 aromatic rings. The van der Waals surface area contributed by atoms with E-state index in [0.717, 1.165) is 17.7 Å². The maximum Gasteiger partial charge on any atom is 0.227 e. The first kappa shape index (κ1) is 19.7. The van der Waals surface area contributed by atoms with Crippen LogP contribution in [0.25, 0.3) is 0 Å². The molecule has 0 atom stereocenters. The van der Waals surface area contributed by atoms with Gasteiger partial charge in [-0.1, -0.05) is 35.5 Å². The van der Waals surface area contributed by atoms with E-state index >= 15 is 0 Å². The van der Waals surface area contributed by atoms with Crippen LogP contribution in [0.15, 0.2) is 64.0 Å². The Bertz CT molecular complexity index is 1030. The molecule has 3 rings (SSSR count). The predicted octanol–water partition coefficient (Wildman–Crippen LogP) is 2.43. The van der Waals surface area contributed by atoms with E-state index in [1.165, 1.54) is 12.1 Å². The Kier molecular flexibility index (Phi) is 6.15. The second-order valence-electron chi connectivity index (χ2n) is 6.08. The van der Waals surface area contributed by atoms with Crippen LogP contribution >= 0.6 is 0 Å². The molecule has 0 fully saturated rings. The minimum absolute atomic E-state index is 0.0102. The number of nitrogens with zero attached hydrogens (tertiary/aromatic N) is 2. The monoisotopic (exact) mass is 403 g/mol. The van der Waals surface area contributed by atoms with Gasteiger partial charge in [-0.05, 0) is 29.8 Å². The Balaban J connectivity index is 1.51. The minimum Gasteiger partial charge on any atom is -0.352 e. The summed E-state index contributed by atoms with van der Waals surface area (Å²) < 4.78 is 42.6. The molecular formula is C19H18FN3O4S. The van der Waals surface area contributed by atoms with Crippen molar-refractivity contribution in [3.63, 3.8) is 0 Å². The number of sulfone groups is 1. The number of carbonyl (C=O) groups excluding carboxylic acids is 1. The van der Waals surface area contributed by atoms with Gasteiger partial charge in [-0.25, -0.2) is 12.8 Å². The first-order chi connectivity index (χ1) is 13.4. The van der Waals surface area contributed by atoms with Gasteiger partial charge in [0.1, 0.15) is 11.6 Å². The van der Waals surface area contributed by atoms with Gasteiger partial charge in [0.2, 0.25) is 11.8 Å². The zero-order chi connectivity index (χ0) is 20.0. The lowest BCUT2D eigenvalue weighted by molar-refractivity contribution is -0.121. The average Bonchev–Trinajstić information content (AvgIpc) is 3.12. The van der Waals surface area contributed by atoms with Crippen LogP contribution in [0.2, 0.25) is 0 Å². The number of nitrogens with one attached hydrogen (secondary N) is 1. The van der Waals surface area contributed by atoms with E-state index in [-0.39, 0.29) is 35.4 Å². The maximum atomic E-state index is 12.9. The molecule has 1 heterocycles. The normalized spacial score (nSPS) is 11.3. The van der Waals surface area contributed by atoms with Gasteiger partial charge in [-0.15, -0.1) is 0 Å². The lowest BCUT2D eigenvalue weighted by Gasteiger charge is -2.03. The highest BCUT2D eigenvalue weighted by atomic mass is 32.2. The first-order valence-electron chi connectivity index (χ1n) is 8.53. The number of benzene rings is 2. The van der Waals surface area contributed by atoms with Crippen molar-refractivity contribution in [2.24, 2.45) is 0 Å². The molecule has 0 saturated carbocycles. The summed E-state index contributed by atoms with van der Waals surface area (Å²) in [4.78, 5) is 15.9. The molecule has 2 aromatic carbocycles. The summed E-state index contributed by atoms with van der Waals surface area (Å²) in [6, 6.07) is 14.0. The number of amides is 1. The molecule has 0 aliphatic rings. The van der Waals surface area contributed by atoms with Crippen LogP contribution < -0.4 is 5.32 Å². The Labute approximate surface area is 161 Å². The van der Waals surface area contributed by atoms with Crippen LogP contribution in [0.4, 0.5) is 4.39 Å². The molecule has 0 bridgehead atoms. The lowest BCUT2D eigenvalue weighted by atomic mass is 10.2. The summed E-state index contributed by atoms with van der Waals surface area (Å²) >= 11 is 0. The quantitative estimate of drug-likeness (QED) is 0.580. The summed E-state index contributed by atoms with van der Waals surface area (Å²) in [7, 11) is -3.72. The van der Waals surface area contributed by atoms with Crippen molar-refractivity contribution in [3.8, 4) is 0 Å². The molecule has 7 nitrogen and oxygen atoms in total. The number of aryl methyl sites for hydroxylation is 1. The van der Waals surface area contributed by atoms with Gasteiger partial charge in [0.15, 0.2) is 15.7 Å². The maximum absolute atomic E-state index is 12.9. The third kappa shape index (κ3) is 5.46. The standard InChI is InChI=1S/C19H18FN3O4S/c20-15-6-8-16(9-7-15)28(25,26)13-17-22-19(27-23-17)11-10-18(24)21-12-14-4-2-1-3-5-14/h1-9H,10-13H2,(H,21,24). The number of aromatic nitrogens is 2. The van der Waals surface area contributed by atoms with Gasteiger partial charge >= 0.3 is 0 Å². The van der Waals surface area contributed by atoms with Crippen LogP contribution in [0.3, 0.4) is 0 Å². The van der Waals surface area contributed by atoms with Crippen molar-refractivity contribution >= 4 is 15.7 Å². The predicted molar refractivity (Wildman–Crippen MR) is 98.2 cm³/mol. The van der Waals surface area contributed by atoms with Gasteiger partial charge in [0.05, 0.1) is 4.90 Å². The van der Waals surface area contributed by atoms with Crippen LogP contribution in [-0.2, 0) is 33.4 Å². The van der Waals surface area contributed by atoms with Gasteiger partial charge in [0, 0.05) is 19.4 Å². The van der Waals surface area contributed by atoms with Gasteiger partial charge < -0.3 is 9.84 Å². The van der Waals surface area contributed by atoms with Crippen LogP contribution in [0.5, 0.6) is 0 Å². The van der Waals surface area contributed by atoms with E-state index in [9.17, 15) is 17.6 Å². The molecule has 1 amide bonds. The third-order valence-electron chi connectivity index (χ3n) is 3.90. The third-order valence-corrected chi connectivity index (χ3v) is 5.53. The largest absolute Gasteiger partial charge is 0.352 e. The Morgan fingerprint density at radius 1 is 1.07 bits per heavy atom. The fraction of sp³-hybridized carbons (Fsp3) is 0.211. The molecule has 0 aliphatic heterocycles. The molecular weight excluding hydrogens is 385 g/mol. The molecule has 9 heteroatoms. The minimum atomic E-state index is -3.72. The Morgan fingerprint density at radius 2 is 1.79 bits per heavy atom. The van der Waals surface area contributed by atoms with Crippen LogP contribution in [0, 0.1) is 5.82 Å². The highest BCUT2D eigenvalue weighted by molar-refractivity contribution is 7.90. The van der Waals surface area contributed by atoms with E-state index in [1.807, 2.05) is 30.3 Å². The van der Waals surface area contributed by atoms with Gasteiger partial charge in [0.25, 0.3) is 0 Å². The SMILES string of the molecule is O=C(CCc1nc(CS(=O)(=O)c2ccc(F)cc2)no1)NCc1ccccc1. The number of hydrogen-bond acceptors (Lipinski definition) is 6. The van der Waals surface area contributed by atoms with Crippen LogP contribution in [0.1, 0.15) is 23.7 Å². The molecule has 1 N–H and O–H groups in total. The van der Waals surface area contributed by atoms with Crippen molar-refractivity contribution in [2.75, 3.05) is 0 Å². The van der Waals surface area contributed by atoms with E-state index in [2.05, 4.69) is 15.5 Å². The fourth-order valence-corrected chi connectivity index (χ4v) is 3.63. The number of hydrogen-bond donors (Lipinski definition) is 1. The Morgan fingerprint density at radius 3 is 2.50 bits per heavy atom. The second-order valence-corrected chi connectivity index (χ2v) is 8.07. The van der Waals surface area contributed by atoms with Gasteiger partial charge in [-0.2, -0.15) is 4.98 Å². The highest BCUT2D eigenvalue weighted by Crippen LogP contribution is 2.16. The molecule has 0 saturated heterocycles. The number of rotatable bonds is 8. The van der Waals surface area contributed by atoms with Crippen molar-refractivity contribution in [2.45, 2.75) is 30.0 Å². The molecule has 1 aromatic heterocycles. The average molecular weight is 403 g/mol. The highest BCUT2D eigenvalue weighted by Gasteiger charge is 2.19. The topological polar surface area (TPSA) is 102 Å². The zero-order valence-corrected chi connectivity index (χ0v) is 15.7. The Hall–Kier alpha value is -3.07. The van der Waals surface area contributed by atoms with Crippen molar-refractivity contribution in [1.29, 1.82) is 0 Å². The van der Waals surface area contributed by atoms with E-state index in [0.29, 0.717) is 6.54 Å². The molecule has 0 radical (unpaired) electrons. The summed E-state index contributed by atoms with van der Waals surface area (Å²) in [6.45, 7) is 0.421. The van der Waals surface area contributed by atoms with Crippen molar-refractivity contribution in [3.05, 3.63) is 77.7 Å². The fourth-order valence-electron chi connectivity index (χ4n) is 2.45.